The van der Waals surface area contributed by atoms with E-state index in [0.29, 0.717) is 12.5 Å². The number of rotatable bonds is 1. The highest BCUT2D eigenvalue weighted by atomic mass is 16.2. The molecule has 1 unspecified atom stereocenters. The molecule has 0 radical (unpaired) electrons. The Morgan fingerprint density at radius 1 is 1.20 bits per heavy atom. The molecule has 1 atom stereocenters. The van der Waals surface area contributed by atoms with Gasteiger partial charge in [0, 0.05) is 12.5 Å². The van der Waals surface area contributed by atoms with Gasteiger partial charge in [-0.3, -0.25) is 9.69 Å². The minimum absolute atomic E-state index is 0.0234. The van der Waals surface area contributed by atoms with Crippen LogP contribution < -0.4 is 5.73 Å². The Morgan fingerprint density at radius 3 is 2.47 bits per heavy atom. The van der Waals surface area contributed by atoms with Crippen molar-refractivity contribution in [1.29, 1.82) is 0 Å². The van der Waals surface area contributed by atoms with E-state index in [4.69, 9.17) is 5.73 Å². The molecule has 0 bridgehead atoms. The monoisotopic (exact) mass is 210 g/mol. The van der Waals surface area contributed by atoms with Gasteiger partial charge in [0.25, 0.3) is 0 Å². The molecular formula is C11H18N2O2. The van der Waals surface area contributed by atoms with E-state index >= 15 is 0 Å². The van der Waals surface area contributed by atoms with Gasteiger partial charge in [0.05, 0.1) is 0 Å². The Hall–Kier alpha value is -1.06. The smallest absolute Gasteiger partial charge is 0.321 e. The van der Waals surface area contributed by atoms with Crippen LogP contribution in [0.4, 0.5) is 4.79 Å². The van der Waals surface area contributed by atoms with Crippen LogP contribution in [0.2, 0.25) is 0 Å². The molecule has 1 aliphatic carbocycles. The van der Waals surface area contributed by atoms with Gasteiger partial charge in [-0.05, 0) is 31.6 Å². The second-order valence-electron chi connectivity index (χ2n) is 4.62. The van der Waals surface area contributed by atoms with Crippen molar-refractivity contribution in [2.24, 2.45) is 17.6 Å². The number of carbonyl (C=O) groups is 2. The van der Waals surface area contributed by atoms with Crippen LogP contribution >= 0.6 is 0 Å². The third-order valence-corrected chi connectivity index (χ3v) is 3.71. The molecule has 1 saturated carbocycles. The molecule has 3 amide bonds. The third-order valence-electron chi connectivity index (χ3n) is 3.71. The number of carbonyl (C=O) groups excluding carboxylic acids is 2. The van der Waals surface area contributed by atoms with Crippen molar-refractivity contribution in [1.82, 2.24) is 4.90 Å². The van der Waals surface area contributed by atoms with Gasteiger partial charge < -0.3 is 5.73 Å². The first-order valence-electron chi connectivity index (χ1n) is 5.81. The summed E-state index contributed by atoms with van der Waals surface area (Å²) in [6, 6.07) is -0.578. The summed E-state index contributed by atoms with van der Waals surface area (Å²) in [6.45, 7) is 0.511. The number of hydrogen-bond acceptors (Lipinski definition) is 2. The standard InChI is InChI=1S/C11H18N2O2/c12-11(15)13-7-2-1-6-9(10(13)14)8-4-3-5-8/h8-9H,1-7H2,(H2,12,15). The van der Waals surface area contributed by atoms with Crippen molar-refractivity contribution < 1.29 is 9.59 Å². The summed E-state index contributed by atoms with van der Waals surface area (Å²) in [6.07, 6.45) is 6.39. The first-order valence-corrected chi connectivity index (χ1v) is 5.81. The molecule has 0 aromatic rings. The molecule has 1 saturated heterocycles. The summed E-state index contributed by atoms with van der Waals surface area (Å²) in [5.74, 6) is 0.552. The lowest BCUT2D eigenvalue weighted by Crippen LogP contribution is -2.45. The molecule has 2 rings (SSSR count). The van der Waals surface area contributed by atoms with E-state index in [2.05, 4.69) is 0 Å². The van der Waals surface area contributed by atoms with Crippen LogP contribution in [-0.4, -0.2) is 23.4 Å². The van der Waals surface area contributed by atoms with Crippen molar-refractivity contribution in [2.45, 2.75) is 38.5 Å². The van der Waals surface area contributed by atoms with Crippen molar-refractivity contribution in [3.63, 3.8) is 0 Å². The fraction of sp³-hybridized carbons (Fsp3) is 0.818. The van der Waals surface area contributed by atoms with Gasteiger partial charge in [0.15, 0.2) is 0 Å². The highest BCUT2D eigenvalue weighted by molar-refractivity contribution is 5.95. The van der Waals surface area contributed by atoms with E-state index in [1.54, 1.807) is 0 Å². The molecular weight excluding hydrogens is 192 g/mol. The van der Waals surface area contributed by atoms with Crippen LogP contribution in [0.25, 0.3) is 0 Å². The number of imide groups is 1. The van der Waals surface area contributed by atoms with Crippen molar-refractivity contribution in [2.75, 3.05) is 6.54 Å². The molecule has 84 valence electrons. The summed E-state index contributed by atoms with van der Waals surface area (Å²) in [4.78, 5) is 24.4. The van der Waals surface area contributed by atoms with Gasteiger partial charge in [-0.1, -0.05) is 12.8 Å². The fourth-order valence-electron chi connectivity index (χ4n) is 2.57. The zero-order chi connectivity index (χ0) is 10.8. The molecule has 2 aliphatic rings. The predicted octanol–water partition coefficient (Wildman–Crippen LogP) is 1.49. The lowest BCUT2D eigenvalue weighted by molar-refractivity contribution is -0.134. The summed E-state index contributed by atoms with van der Waals surface area (Å²) in [5, 5.41) is 0. The maximum Gasteiger partial charge on any atom is 0.321 e. The lowest BCUT2D eigenvalue weighted by Gasteiger charge is -2.33. The van der Waals surface area contributed by atoms with Crippen LogP contribution in [-0.2, 0) is 4.79 Å². The van der Waals surface area contributed by atoms with E-state index in [9.17, 15) is 9.59 Å². The van der Waals surface area contributed by atoms with Crippen molar-refractivity contribution >= 4 is 11.9 Å². The van der Waals surface area contributed by atoms with Crippen LogP contribution in [0.3, 0.4) is 0 Å². The summed E-state index contributed by atoms with van der Waals surface area (Å²) in [5.41, 5.74) is 5.22. The van der Waals surface area contributed by atoms with E-state index in [-0.39, 0.29) is 11.8 Å². The van der Waals surface area contributed by atoms with Gasteiger partial charge in [-0.25, -0.2) is 4.79 Å². The Morgan fingerprint density at radius 2 is 1.93 bits per heavy atom. The average molecular weight is 210 g/mol. The molecule has 15 heavy (non-hydrogen) atoms. The van der Waals surface area contributed by atoms with Gasteiger partial charge in [-0.15, -0.1) is 0 Å². The number of amides is 3. The number of nitrogens with zero attached hydrogens (tertiary/aromatic N) is 1. The quantitative estimate of drug-likeness (QED) is 0.712. The highest BCUT2D eigenvalue weighted by Crippen LogP contribution is 2.38. The number of urea groups is 1. The van der Waals surface area contributed by atoms with E-state index in [0.717, 1.165) is 32.1 Å². The second kappa shape index (κ2) is 4.21. The van der Waals surface area contributed by atoms with E-state index < -0.39 is 6.03 Å². The van der Waals surface area contributed by atoms with Crippen molar-refractivity contribution in [3.8, 4) is 0 Å². The molecule has 0 spiro atoms. The molecule has 0 aromatic carbocycles. The number of nitrogens with two attached hydrogens (primary N) is 1. The summed E-state index contributed by atoms with van der Waals surface area (Å²) in [7, 11) is 0. The largest absolute Gasteiger partial charge is 0.351 e. The summed E-state index contributed by atoms with van der Waals surface area (Å²) >= 11 is 0. The minimum atomic E-state index is -0.578. The zero-order valence-corrected chi connectivity index (χ0v) is 8.95. The zero-order valence-electron chi connectivity index (χ0n) is 8.95. The van der Waals surface area contributed by atoms with Gasteiger partial charge in [-0.2, -0.15) is 0 Å². The first-order chi connectivity index (χ1) is 7.20. The maximum absolute atomic E-state index is 12.0. The minimum Gasteiger partial charge on any atom is -0.351 e. The molecule has 1 heterocycles. The second-order valence-corrected chi connectivity index (χ2v) is 4.62. The predicted molar refractivity (Wildman–Crippen MR) is 56.0 cm³/mol. The average Bonchev–Trinajstić information content (AvgIpc) is 2.27. The van der Waals surface area contributed by atoms with Crippen LogP contribution in [0.5, 0.6) is 0 Å². The molecule has 1 aliphatic heterocycles. The normalized spacial score (nSPS) is 28.4. The molecule has 0 aromatic heterocycles. The number of primary amides is 1. The Balaban J connectivity index is 2.08. The molecule has 2 fully saturated rings. The molecule has 4 nitrogen and oxygen atoms in total. The molecule has 4 heteroatoms. The van der Waals surface area contributed by atoms with Gasteiger partial charge in [0.2, 0.25) is 5.91 Å². The number of hydrogen-bond donors (Lipinski definition) is 1. The SMILES string of the molecule is NC(=O)N1CCCCC(C2CCC2)C1=O. The molecule has 2 N–H and O–H groups in total. The first kappa shape index (κ1) is 10.5. The van der Waals surface area contributed by atoms with Gasteiger partial charge in [0.1, 0.15) is 0 Å². The van der Waals surface area contributed by atoms with E-state index in [1.807, 2.05) is 0 Å². The highest BCUT2D eigenvalue weighted by Gasteiger charge is 2.37. The fourth-order valence-corrected chi connectivity index (χ4v) is 2.57. The van der Waals surface area contributed by atoms with Crippen molar-refractivity contribution in [3.05, 3.63) is 0 Å². The Labute approximate surface area is 89.8 Å². The van der Waals surface area contributed by atoms with Gasteiger partial charge >= 0.3 is 6.03 Å². The Kier molecular flexibility index (Phi) is 2.93. The summed E-state index contributed by atoms with van der Waals surface area (Å²) < 4.78 is 0. The van der Waals surface area contributed by atoms with Crippen LogP contribution in [0, 0.1) is 11.8 Å². The van der Waals surface area contributed by atoms with Crippen LogP contribution in [0.15, 0.2) is 0 Å². The third kappa shape index (κ3) is 1.98. The maximum atomic E-state index is 12.0. The topological polar surface area (TPSA) is 63.4 Å². The Bertz CT molecular complexity index is 274. The lowest BCUT2D eigenvalue weighted by atomic mass is 9.74. The number of likely N-dealkylation sites (tertiary alicyclic amines) is 1. The van der Waals surface area contributed by atoms with Crippen LogP contribution in [0.1, 0.15) is 38.5 Å². The van der Waals surface area contributed by atoms with E-state index in [1.165, 1.54) is 11.3 Å².